The minimum atomic E-state index is 0.143. The molecule has 1 unspecified atom stereocenters. The van der Waals surface area contributed by atoms with E-state index in [2.05, 4.69) is 36.5 Å². The van der Waals surface area contributed by atoms with E-state index in [1.807, 2.05) is 0 Å². The van der Waals surface area contributed by atoms with Crippen molar-refractivity contribution >= 4 is 11.3 Å². The van der Waals surface area contributed by atoms with Crippen molar-refractivity contribution in [1.82, 2.24) is 10.3 Å². The van der Waals surface area contributed by atoms with Gasteiger partial charge in [-0.05, 0) is 18.9 Å². The maximum absolute atomic E-state index is 5.74. The molecule has 1 atom stereocenters. The number of thiazole rings is 1. The molecule has 3 nitrogen and oxygen atoms in total. The standard InChI is InChI=1S/C13H22N2OS/c1-13(2,3)11-9-17-12(15-11)8-16-7-10-4-5-14-6-10/h9-10,14H,4-8H2,1-3H3. The molecule has 2 heterocycles. The van der Waals surface area contributed by atoms with E-state index in [1.165, 1.54) is 12.1 Å². The summed E-state index contributed by atoms with van der Waals surface area (Å²) < 4.78 is 5.74. The monoisotopic (exact) mass is 254 g/mol. The van der Waals surface area contributed by atoms with Gasteiger partial charge in [-0.3, -0.25) is 0 Å². The minimum absolute atomic E-state index is 0.143. The van der Waals surface area contributed by atoms with Crippen LogP contribution in [0.15, 0.2) is 5.38 Å². The van der Waals surface area contributed by atoms with Crippen molar-refractivity contribution in [2.45, 2.75) is 39.2 Å². The second-order valence-corrected chi connectivity index (χ2v) is 6.69. The molecule has 1 aromatic rings. The lowest BCUT2D eigenvalue weighted by atomic mass is 9.93. The second kappa shape index (κ2) is 5.46. The molecule has 0 saturated carbocycles. The predicted molar refractivity (Wildman–Crippen MR) is 71.4 cm³/mol. The number of ether oxygens (including phenoxy) is 1. The summed E-state index contributed by atoms with van der Waals surface area (Å²) in [6.07, 6.45) is 1.24. The number of nitrogens with zero attached hydrogens (tertiary/aromatic N) is 1. The number of nitrogens with one attached hydrogen (secondary N) is 1. The molecular formula is C13H22N2OS. The van der Waals surface area contributed by atoms with Crippen molar-refractivity contribution in [3.8, 4) is 0 Å². The van der Waals surface area contributed by atoms with Crippen LogP contribution in [0, 0.1) is 5.92 Å². The SMILES string of the molecule is CC(C)(C)c1csc(COCC2CCNC2)n1. The maximum atomic E-state index is 5.74. The fraction of sp³-hybridized carbons (Fsp3) is 0.769. The second-order valence-electron chi connectivity index (χ2n) is 5.75. The molecule has 1 aromatic heterocycles. The lowest BCUT2D eigenvalue weighted by molar-refractivity contribution is 0.0922. The van der Waals surface area contributed by atoms with Crippen LogP contribution >= 0.6 is 11.3 Å². The summed E-state index contributed by atoms with van der Waals surface area (Å²) in [6, 6.07) is 0. The molecule has 0 amide bonds. The van der Waals surface area contributed by atoms with Crippen molar-refractivity contribution in [3.05, 3.63) is 16.1 Å². The summed E-state index contributed by atoms with van der Waals surface area (Å²) in [4.78, 5) is 4.62. The van der Waals surface area contributed by atoms with Crippen molar-refractivity contribution in [2.75, 3.05) is 19.7 Å². The molecule has 1 N–H and O–H groups in total. The molecule has 2 rings (SSSR count). The van der Waals surface area contributed by atoms with Gasteiger partial charge in [0, 0.05) is 17.3 Å². The zero-order valence-corrected chi connectivity index (χ0v) is 11.8. The van der Waals surface area contributed by atoms with Gasteiger partial charge in [0.05, 0.1) is 18.9 Å². The van der Waals surface area contributed by atoms with Gasteiger partial charge >= 0.3 is 0 Å². The fourth-order valence-electron chi connectivity index (χ4n) is 1.89. The van der Waals surface area contributed by atoms with Crippen molar-refractivity contribution in [2.24, 2.45) is 5.92 Å². The highest BCUT2D eigenvalue weighted by atomic mass is 32.1. The van der Waals surface area contributed by atoms with E-state index in [-0.39, 0.29) is 5.41 Å². The maximum Gasteiger partial charge on any atom is 0.119 e. The molecular weight excluding hydrogens is 232 g/mol. The van der Waals surface area contributed by atoms with Crippen molar-refractivity contribution in [3.63, 3.8) is 0 Å². The molecule has 17 heavy (non-hydrogen) atoms. The molecule has 96 valence electrons. The zero-order valence-electron chi connectivity index (χ0n) is 11.0. The van der Waals surface area contributed by atoms with Crippen LogP contribution < -0.4 is 5.32 Å². The quantitative estimate of drug-likeness (QED) is 0.896. The summed E-state index contributed by atoms with van der Waals surface area (Å²) in [5.41, 5.74) is 1.31. The van der Waals surface area contributed by atoms with Gasteiger partial charge < -0.3 is 10.1 Å². The normalized spacial score (nSPS) is 21.0. The Morgan fingerprint density at radius 1 is 1.53 bits per heavy atom. The predicted octanol–water partition coefficient (Wildman–Crippen LogP) is 2.57. The summed E-state index contributed by atoms with van der Waals surface area (Å²) in [5.74, 6) is 0.692. The molecule has 1 saturated heterocycles. The van der Waals surface area contributed by atoms with Crippen LogP contribution in [-0.2, 0) is 16.8 Å². The Bertz CT molecular complexity index is 351. The summed E-state index contributed by atoms with van der Waals surface area (Å²) >= 11 is 1.71. The van der Waals surface area contributed by atoms with Crippen LogP contribution in [0.25, 0.3) is 0 Å². The average Bonchev–Trinajstić information content (AvgIpc) is 2.86. The minimum Gasteiger partial charge on any atom is -0.374 e. The van der Waals surface area contributed by atoms with E-state index in [0.717, 1.165) is 24.7 Å². The van der Waals surface area contributed by atoms with Gasteiger partial charge in [-0.1, -0.05) is 20.8 Å². The lowest BCUT2D eigenvalue weighted by Gasteiger charge is -2.14. The fourth-order valence-corrected chi connectivity index (χ4v) is 2.85. The molecule has 0 aromatic carbocycles. The van der Waals surface area contributed by atoms with Crippen LogP contribution in [0.2, 0.25) is 0 Å². The van der Waals surface area contributed by atoms with Gasteiger partial charge in [0.1, 0.15) is 5.01 Å². The first kappa shape index (κ1) is 13.0. The number of rotatable bonds is 4. The van der Waals surface area contributed by atoms with Crippen LogP contribution in [-0.4, -0.2) is 24.7 Å². The Morgan fingerprint density at radius 2 is 2.35 bits per heavy atom. The van der Waals surface area contributed by atoms with Gasteiger partial charge in [-0.2, -0.15) is 0 Å². The van der Waals surface area contributed by atoms with E-state index in [0.29, 0.717) is 12.5 Å². The topological polar surface area (TPSA) is 34.1 Å². The van der Waals surface area contributed by atoms with Gasteiger partial charge in [0.2, 0.25) is 0 Å². The molecule has 0 bridgehead atoms. The Balaban J connectivity index is 1.77. The van der Waals surface area contributed by atoms with Gasteiger partial charge in [-0.15, -0.1) is 11.3 Å². The average molecular weight is 254 g/mol. The number of hydrogen-bond donors (Lipinski definition) is 1. The third kappa shape index (κ3) is 3.76. The summed E-state index contributed by atoms with van der Waals surface area (Å²) in [6.45, 7) is 10.3. The van der Waals surface area contributed by atoms with E-state index in [9.17, 15) is 0 Å². The van der Waals surface area contributed by atoms with E-state index >= 15 is 0 Å². The van der Waals surface area contributed by atoms with E-state index < -0.39 is 0 Å². The van der Waals surface area contributed by atoms with Crippen LogP contribution in [0.1, 0.15) is 37.9 Å². The molecule has 0 spiro atoms. The Labute approximate surface area is 108 Å². The van der Waals surface area contributed by atoms with E-state index in [4.69, 9.17) is 4.74 Å². The van der Waals surface area contributed by atoms with Gasteiger partial charge in [0.25, 0.3) is 0 Å². The Morgan fingerprint density at radius 3 is 2.94 bits per heavy atom. The van der Waals surface area contributed by atoms with Crippen LogP contribution in [0.3, 0.4) is 0 Å². The molecule has 4 heteroatoms. The molecule has 1 fully saturated rings. The summed E-state index contributed by atoms with van der Waals surface area (Å²) in [7, 11) is 0. The van der Waals surface area contributed by atoms with Gasteiger partial charge in [0.15, 0.2) is 0 Å². The highest BCUT2D eigenvalue weighted by molar-refractivity contribution is 7.09. The first-order valence-electron chi connectivity index (χ1n) is 6.29. The van der Waals surface area contributed by atoms with Crippen molar-refractivity contribution < 1.29 is 4.74 Å². The van der Waals surface area contributed by atoms with Crippen molar-refractivity contribution in [1.29, 1.82) is 0 Å². The first-order chi connectivity index (χ1) is 8.05. The lowest BCUT2D eigenvalue weighted by Crippen LogP contribution is -2.14. The number of aromatic nitrogens is 1. The largest absolute Gasteiger partial charge is 0.374 e. The van der Waals surface area contributed by atoms with Crippen LogP contribution in [0.5, 0.6) is 0 Å². The first-order valence-corrected chi connectivity index (χ1v) is 7.17. The molecule has 0 aliphatic carbocycles. The summed E-state index contributed by atoms with van der Waals surface area (Å²) in [5, 5.41) is 6.60. The number of hydrogen-bond acceptors (Lipinski definition) is 4. The highest BCUT2D eigenvalue weighted by Crippen LogP contribution is 2.24. The third-order valence-electron chi connectivity index (χ3n) is 3.06. The zero-order chi connectivity index (χ0) is 12.3. The van der Waals surface area contributed by atoms with Gasteiger partial charge in [-0.25, -0.2) is 4.98 Å². The Kier molecular flexibility index (Phi) is 4.17. The third-order valence-corrected chi connectivity index (χ3v) is 3.88. The Hall–Kier alpha value is -0.450. The molecule has 1 aliphatic rings. The van der Waals surface area contributed by atoms with Crippen LogP contribution in [0.4, 0.5) is 0 Å². The molecule has 1 aliphatic heterocycles. The van der Waals surface area contributed by atoms with E-state index in [1.54, 1.807) is 11.3 Å². The highest BCUT2D eigenvalue weighted by Gasteiger charge is 2.18. The smallest absolute Gasteiger partial charge is 0.119 e. The molecule has 0 radical (unpaired) electrons.